The Morgan fingerprint density at radius 3 is 2.50 bits per heavy atom. The Hall–Kier alpha value is -3.78. The van der Waals surface area contributed by atoms with Crippen LogP contribution in [-0.2, 0) is 0 Å². The summed E-state index contributed by atoms with van der Waals surface area (Å²) in [6.07, 6.45) is 0. The number of amides is 2. The molecule has 104 valence electrons. The maximum absolute atomic E-state index is 11.9. The van der Waals surface area contributed by atoms with E-state index in [2.05, 4.69) is 15.0 Å². The molecule has 3 rings (SSSR count). The number of carbonyl (C=O) groups is 1. The normalized spacial score (nSPS) is 11.8. The summed E-state index contributed by atoms with van der Waals surface area (Å²) >= 11 is 0. The molecular formula is C14H6N6O2. The molecule has 1 aromatic carbocycles. The third-order valence-corrected chi connectivity index (χ3v) is 3.18. The number of anilines is 1. The summed E-state index contributed by atoms with van der Waals surface area (Å²) in [5, 5.41) is 19.0. The minimum absolute atomic E-state index is 0.0525. The summed E-state index contributed by atoms with van der Waals surface area (Å²) in [5.74, 6) is -0.152. The monoisotopic (exact) mass is 290 g/mol. The number of hydrogen-bond acceptors (Lipinski definition) is 5. The largest absolute Gasteiger partial charge is 0.384 e. The number of para-hydroxylation sites is 1. The van der Waals surface area contributed by atoms with Crippen molar-refractivity contribution in [1.29, 1.82) is 10.5 Å². The summed E-state index contributed by atoms with van der Waals surface area (Å²) < 4.78 is 0. The summed E-state index contributed by atoms with van der Waals surface area (Å²) in [4.78, 5) is 33.0. The molecule has 22 heavy (non-hydrogen) atoms. The van der Waals surface area contributed by atoms with Gasteiger partial charge in [0.2, 0.25) is 0 Å². The fourth-order valence-corrected chi connectivity index (χ4v) is 2.28. The van der Waals surface area contributed by atoms with Crippen LogP contribution < -0.4 is 22.0 Å². The predicted molar refractivity (Wildman–Crippen MR) is 74.0 cm³/mol. The lowest BCUT2D eigenvalue weighted by Gasteiger charge is -2.08. The van der Waals surface area contributed by atoms with E-state index in [1.165, 1.54) is 0 Å². The number of nitrogens with one attached hydrogen (secondary N) is 1. The minimum atomic E-state index is -0.715. The van der Waals surface area contributed by atoms with E-state index in [9.17, 15) is 20.1 Å². The van der Waals surface area contributed by atoms with Crippen molar-refractivity contribution in [3.05, 3.63) is 50.4 Å². The van der Waals surface area contributed by atoms with Crippen molar-refractivity contribution in [2.45, 2.75) is 0 Å². The smallest absolute Gasteiger partial charge is 0.368 e. The molecule has 2 aromatic rings. The van der Waals surface area contributed by atoms with E-state index in [1.807, 2.05) is 6.07 Å². The average Bonchev–Trinajstić information content (AvgIpc) is 2.86. The highest BCUT2D eigenvalue weighted by atomic mass is 16.2. The number of nitrogen functional groups attached to an aromatic ring is 1. The van der Waals surface area contributed by atoms with Gasteiger partial charge in [-0.1, -0.05) is 12.1 Å². The van der Waals surface area contributed by atoms with Crippen molar-refractivity contribution >= 4 is 11.8 Å². The van der Waals surface area contributed by atoms with Crippen molar-refractivity contribution in [2.24, 2.45) is 9.98 Å². The zero-order valence-electron chi connectivity index (χ0n) is 10.9. The van der Waals surface area contributed by atoms with Gasteiger partial charge in [0.15, 0.2) is 0 Å². The van der Waals surface area contributed by atoms with Crippen LogP contribution >= 0.6 is 0 Å². The molecule has 3 N–H and O–H groups in total. The van der Waals surface area contributed by atoms with Crippen LogP contribution in [0.3, 0.4) is 0 Å². The van der Waals surface area contributed by atoms with Gasteiger partial charge in [0.25, 0.3) is 5.56 Å². The standard InChI is InChI=1S/C14H6N6O2/c15-4-7-10(8(5-16)13(21)20-12(7)17)6-2-1-3-9-11(6)19-14(22)18-9/h1-3H,(H3,17,20,21). The quantitative estimate of drug-likeness (QED) is 0.742. The van der Waals surface area contributed by atoms with Crippen molar-refractivity contribution in [3.8, 4) is 23.3 Å². The lowest BCUT2D eigenvalue weighted by molar-refractivity contribution is 0.256. The first-order valence-corrected chi connectivity index (χ1v) is 6.03. The molecule has 1 aliphatic rings. The second kappa shape index (κ2) is 4.65. The summed E-state index contributed by atoms with van der Waals surface area (Å²) in [5.41, 5.74) is 4.96. The first-order valence-electron chi connectivity index (χ1n) is 6.03. The molecule has 0 bridgehead atoms. The van der Waals surface area contributed by atoms with E-state index in [4.69, 9.17) is 5.73 Å². The molecule has 2 amide bonds. The fraction of sp³-hybridized carbons (Fsp3) is 0. The van der Waals surface area contributed by atoms with E-state index in [-0.39, 0.29) is 33.4 Å². The molecule has 2 heterocycles. The highest BCUT2D eigenvalue weighted by molar-refractivity contribution is 5.83. The third-order valence-electron chi connectivity index (χ3n) is 3.18. The van der Waals surface area contributed by atoms with Gasteiger partial charge < -0.3 is 10.7 Å². The lowest BCUT2D eigenvalue weighted by atomic mass is 9.96. The first kappa shape index (κ1) is 13.2. The fourth-order valence-electron chi connectivity index (χ4n) is 2.28. The van der Waals surface area contributed by atoms with Crippen LogP contribution in [0.2, 0.25) is 0 Å². The summed E-state index contributed by atoms with van der Waals surface area (Å²) in [6, 6.07) is 7.65. The van der Waals surface area contributed by atoms with Crippen LogP contribution in [-0.4, -0.2) is 11.0 Å². The molecule has 0 unspecified atom stereocenters. The second-order valence-corrected chi connectivity index (χ2v) is 4.40. The Bertz CT molecular complexity index is 1100. The van der Waals surface area contributed by atoms with Gasteiger partial charge in [-0.2, -0.15) is 20.5 Å². The second-order valence-electron chi connectivity index (χ2n) is 4.40. The zero-order valence-corrected chi connectivity index (χ0v) is 10.9. The number of aromatic amines is 1. The van der Waals surface area contributed by atoms with Gasteiger partial charge in [-0.3, -0.25) is 4.79 Å². The highest BCUT2D eigenvalue weighted by Gasteiger charge is 2.21. The SMILES string of the molecule is N#Cc1c(N)[nH]c(=O)c(C#N)c1-c1cccc2c1=NC(=O)N=2. The average molecular weight is 290 g/mol. The Morgan fingerprint density at radius 2 is 1.82 bits per heavy atom. The van der Waals surface area contributed by atoms with E-state index in [1.54, 1.807) is 24.3 Å². The molecule has 0 saturated carbocycles. The molecule has 1 aliphatic heterocycles. The van der Waals surface area contributed by atoms with Gasteiger partial charge >= 0.3 is 6.03 Å². The Labute approximate surface area is 122 Å². The molecule has 0 radical (unpaired) electrons. The number of hydrogen-bond donors (Lipinski definition) is 2. The first-order chi connectivity index (χ1) is 10.6. The third kappa shape index (κ3) is 1.76. The molecular weight excluding hydrogens is 284 g/mol. The number of pyridine rings is 1. The number of benzene rings is 1. The van der Waals surface area contributed by atoms with E-state index in [0.717, 1.165) is 0 Å². The Kier molecular flexibility index (Phi) is 2.79. The van der Waals surface area contributed by atoms with E-state index in [0.29, 0.717) is 5.36 Å². The predicted octanol–water partition coefficient (Wildman–Crippen LogP) is -0.260. The number of nitrogens with zero attached hydrogens (tertiary/aromatic N) is 4. The number of rotatable bonds is 1. The number of fused-ring (bicyclic) bond motifs is 1. The maximum Gasteiger partial charge on any atom is 0.368 e. The van der Waals surface area contributed by atoms with Crippen LogP contribution in [0.1, 0.15) is 11.1 Å². The molecule has 0 spiro atoms. The van der Waals surface area contributed by atoms with Crippen LogP contribution in [0.4, 0.5) is 10.6 Å². The molecule has 0 atom stereocenters. The number of H-pyrrole nitrogens is 1. The Balaban J connectivity index is 2.56. The number of urea groups is 1. The van der Waals surface area contributed by atoms with E-state index >= 15 is 0 Å². The van der Waals surface area contributed by atoms with Crippen LogP contribution in [0.25, 0.3) is 11.1 Å². The van der Waals surface area contributed by atoms with Crippen LogP contribution in [0.15, 0.2) is 33.0 Å². The number of nitriles is 2. The van der Waals surface area contributed by atoms with Crippen LogP contribution in [0, 0.1) is 22.7 Å². The van der Waals surface area contributed by atoms with Crippen molar-refractivity contribution < 1.29 is 4.79 Å². The van der Waals surface area contributed by atoms with Gasteiger partial charge in [0.1, 0.15) is 34.4 Å². The van der Waals surface area contributed by atoms with Gasteiger partial charge in [-0.05, 0) is 6.07 Å². The van der Waals surface area contributed by atoms with E-state index < -0.39 is 11.6 Å². The Morgan fingerprint density at radius 1 is 1.09 bits per heavy atom. The summed E-state index contributed by atoms with van der Waals surface area (Å²) in [6.45, 7) is 0. The van der Waals surface area contributed by atoms with Gasteiger partial charge in [-0.15, -0.1) is 0 Å². The molecule has 8 nitrogen and oxygen atoms in total. The van der Waals surface area contributed by atoms with Crippen molar-refractivity contribution in [3.63, 3.8) is 0 Å². The van der Waals surface area contributed by atoms with Crippen molar-refractivity contribution in [2.75, 3.05) is 5.73 Å². The number of nitrogens with two attached hydrogens (primary N) is 1. The molecule has 0 saturated heterocycles. The topological polar surface area (TPSA) is 148 Å². The van der Waals surface area contributed by atoms with Crippen molar-refractivity contribution in [1.82, 2.24) is 4.98 Å². The maximum atomic E-state index is 11.9. The zero-order chi connectivity index (χ0) is 15.9. The molecule has 0 fully saturated rings. The number of aromatic nitrogens is 1. The minimum Gasteiger partial charge on any atom is -0.384 e. The molecule has 1 aromatic heterocycles. The molecule has 0 aliphatic carbocycles. The summed E-state index contributed by atoms with van der Waals surface area (Å²) in [7, 11) is 0. The van der Waals surface area contributed by atoms with Gasteiger partial charge in [0, 0.05) is 11.1 Å². The van der Waals surface area contributed by atoms with Gasteiger partial charge in [0.05, 0.1) is 5.36 Å². The lowest BCUT2D eigenvalue weighted by Crippen LogP contribution is -2.26. The van der Waals surface area contributed by atoms with Gasteiger partial charge in [-0.25, -0.2) is 4.79 Å². The molecule has 8 heteroatoms. The number of carbonyl (C=O) groups excluding carboxylic acids is 1. The highest BCUT2D eigenvalue weighted by Crippen LogP contribution is 2.25. The van der Waals surface area contributed by atoms with Crippen LogP contribution in [0.5, 0.6) is 0 Å².